The predicted molar refractivity (Wildman–Crippen MR) is 250 cm³/mol. The molecule has 0 radical (unpaired) electrons. The van der Waals surface area contributed by atoms with Crippen LogP contribution in [-0.4, -0.2) is 15.0 Å². The first-order valence-electron chi connectivity index (χ1n) is 20.3. The van der Waals surface area contributed by atoms with Gasteiger partial charge in [-0.2, -0.15) is 0 Å². The molecule has 3 nitrogen and oxygen atoms in total. The number of hydrogen-bond donors (Lipinski definition) is 0. The molecule has 11 aromatic rings. The zero-order chi connectivity index (χ0) is 39.8. The van der Waals surface area contributed by atoms with E-state index in [1.54, 1.807) is 0 Å². The third-order valence-electron chi connectivity index (χ3n) is 11.5. The second-order valence-electron chi connectivity index (χ2n) is 15.2. The van der Waals surface area contributed by atoms with Crippen molar-refractivity contribution in [2.75, 3.05) is 0 Å². The van der Waals surface area contributed by atoms with Crippen LogP contribution in [0.4, 0.5) is 0 Å². The summed E-state index contributed by atoms with van der Waals surface area (Å²) in [5.74, 6) is 1.89. The Bertz CT molecular complexity index is 3350. The van der Waals surface area contributed by atoms with Gasteiger partial charge in [0.15, 0.2) is 17.5 Å². The Kier molecular flexibility index (Phi) is 8.83. The maximum Gasteiger partial charge on any atom is 0.164 e. The van der Waals surface area contributed by atoms with Crippen LogP contribution >= 0.6 is 0 Å². The van der Waals surface area contributed by atoms with Gasteiger partial charge in [0.2, 0.25) is 0 Å². The van der Waals surface area contributed by atoms with Gasteiger partial charge in [0.25, 0.3) is 0 Å². The topological polar surface area (TPSA) is 38.7 Å². The minimum Gasteiger partial charge on any atom is -0.208 e. The Labute approximate surface area is 349 Å². The third kappa shape index (κ3) is 6.58. The van der Waals surface area contributed by atoms with Gasteiger partial charge in [-0.3, -0.25) is 0 Å². The first kappa shape index (κ1) is 35.2. The number of benzene rings is 10. The lowest BCUT2D eigenvalue weighted by molar-refractivity contribution is 1.08. The van der Waals surface area contributed by atoms with Crippen LogP contribution in [0, 0.1) is 0 Å². The number of rotatable bonds is 7. The highest BCUT2D eigenvalue weighted by Crippen LogP contribution is 2.37. The van der Waals surface area contributed by atoms with Crippen molar-refractivity contribution in [2.45, 2.75) is 0 Å². The van der Waals surface area contributed by atoms with Crippen molar-refractivity contribution < 1.29 is 0 Å². The summed E-state index contributed by atoms with van der Waals surface area (Å²) in [6, 6.07) is 79.5. The summed E-state index contributed by atoms with van der Waals surface area (Å²) >= 11 is 0. The molecule has 1 aromatic heterocycles. The van der Waals surface area contributed by atoms with Gasteiger partial charge >= 0.3 is 0 Å². The molecule has 0 fully saturated rings. The van der Waals surface area contributed by atoms with Gasteiger partial charge in [-0.1, -0.05) is 206 Å². The van der Waals surface area contributed by atoms with Gasteiger partial charge in [0.1, 0.15) is 0 Å². The number of aromatic nitrogens is 3. The highest BCUT2D eigenvalue weighted by atomic mass is 15.0. The van der Waals surface area contributed by atoms with E-state index in [0.29, 0.717) is 17.5 Å². The van der Waals surface area contributed by atoms with Crippen LogP contribution in [0.25, 0.3) is 111 Å². The van der Waals surface area contributed by atoms with E-state index < -0.39 is 0 Å². The van der Waals surface area contributed by atoms with Gasteiger partial charge < -0.3 is 0 Å². The molecule has 0 saturated carbocycles. The molecule has 0 unspecified atom stereocenters. The number of nitrogens with zero attached hydrogens (tertiary/aromatic N) is 3. The molecule has 60 heavy (non-hydrogen) atoms. The fourth-order valence-electron chi connectivity index (χ4n) is 8.48. The molecule has 0 bridgehead atoms. The smallest absolute Gasteiger partial charge is 0.164 e. The summed E-state index contributed by atoms with van der Waals surface area (Å²) in [6.07, 6.45) is 0. The van der Waals surface area contributed by atoms with E-state index >= 15 is 0 Å². The molecule has 0 saturated heterocycles. The Morgan fingerprint density at radius 2 is 0.600 bits per heavy atom. The Morgan fingerprint density at radius 1 is 0.200 bits per heavy atom. The van der Waals surface area contributed by atoms with Crippen LogP contribution in [0.3, 0.4) is 0 Å². The molecule has 0 N–H and O–H groups in total. The largest absolute Gasteiger partial charge is 0.208 e. The van der Waals surface area contributed by atoms with E-state index in [2.05, 4.69) is 224 Å². The molecule has 11 rings (SSSR count). The Balaban J connectivity index is 1.03. The lowest BCUT2D eigenvalue weighted by atomic mass is 9.95. The molecule has 0 aliphatic heterocycles. The second-order valence-corrected chi connectivity index (χ2v) is 15.2. The fraction of sp³-hybridized carbons (Fsp3) is 0. The quantitative estimate of drug-likeness (QED) is 0.162. The van der Waals surface area contributed by atoms with Gasteiger partial charge in [0, 0.05) is 16.7 Å². The van der Waals surface area contributed by atoms with Crippen molar-refractivity contribution in [3.05, 3.63) is 224 Å². The summed E-state index contributed by atoms with van der Waals surface area (Å²) in [5.41, 5.74) is 12.2. The van der Waals surface area contributed by atoms with Crippen molar-refractivity contribution >= 4 is 32.3 Å². The van der Waals surface area contributed by atoms with Crippen LogP contribution in [-0.2, 0) is 0 Å². The van der Waals surface area contributed by atoms with E-state index in [1.165, 1.54) is 44.2 Å². The summed E-state index contributed by atoms with van der Waals surface area (Å²) in [7, 11) is 0. The molecule has 0 amide bonds. The van der Waals surface area contributed by atoms with E-state index in [9.17, 15) is 0 Å². The summed E-state index contributed by atoms with van der Waals surface area (Å²) in [4.78, 5) is 15.7. The van der Waals surface area contributed by atoms with Crippen LogP contribution in [0.1, 0.15) is 0 Å². The van der Waals surface area contributed by atoms with Crippen LogP contribution in [0.15, 0.2) is 224 Å². The molecular weight excluding hydrogens is 727 g/mol. The minimum atomic E-state index is 0.625. The van der Waals surface area contributed by atoms with Crippen LogP contribution in [0.5, 0.6) is 0 Å². The predicted octanol–water partition coefficient (Wildman–Crippen LogP) is 15.0. The molecule has 0 aliphatic rings. The van der Waals surface area contributed by atoms with Crippen molar-refractivity contribution in [2.24, 2.45) is 0 Å². The van der Waals surface area contributed by atoms with E-state index in [4.69, 9.17) is 15.0 Å². The number of hydrogen-bond acceptors (Lipinski definition) is 3. The summed E-state index contributed by atoms with van der Waals surface area (Å²) in [6.45, 7) is 0. The molecule has 0 spiro atoms. The standard InChI is InChI=1S/C57H37N3/c1-3-13-38(14-4-1)44-31-32-46-37-48(34-33-45(46)35-44)56-58-55(59-57(60-56)54-26-12-24-52-51(23-11-25-53(52)54)40-15-5-2-6-16-40)47-20-9-19-43(36-47)39-27-29-42(30-28-39)50-22-10-18-41-17-7-8-21-49(41)50/h1-37H. The van der Waals surface area contributed by atoms with Crippen molar-refractivity contribution in [3.8, 4) is 78.7 Å². The molecule has 10 aromatic carbocycles. The lowest BCUT2D eigenvalue weighted by Gasteiger charge is -2.13. The van der Waals surface area contributed by atoms with Crippen LogP contribution in [0.2, 0.25) is 0 Å². The maximum atomic E-state index is 5.25. The average molecular weight is 764 g/mol. The fourth-order valence-corrected chi connectivity index (χ4v) is 8.48. The van der Waals surface area contributed by atoms with Crippen molar-refractivity contribution in [1.29, 1.82) is 0 Å². The molecule has 0 atom stereocenters. The maximum absolute atomic E-state index is 5.25. The van der Waals surface area contributed by atoms with Crippen molar-refractivity contribution in [3.63, 3.8) is 0 Å². The summed E-state index contributed by atoms with van der Waals surface area (Å²) < 4.78 is 0. The Morgan fingerprint density at radius 3 is 1.35 bits per heavy atom. The van der Waals surface area contributed by atoms with Crippen molar-refractivity contribution in [1.82, 2.24) is 15.0 Å². The SMILES string of the molecule is c1ccc(-c2ccc3cc(-c4nc(-c5cccc(-c6ccc(-c7cccc8ccccc78)cc6)c5)nc(-c5cccc6c(-c7ccccc7)cccc56)n4)ccc3c2)cc1. The lowest BCUT2D eigenvalue weighted by Crippen LogP contribution is -2.01. The molecule has 280 valence electrons. The second kappa shape index (κ2) is 15.1. The normalized spacial score (nSPS) is 11.3. The highest BCUT2D eigenvalue weighted by molar-refractivity contribution is 6.04. The molecule has 0 aliphatic carbocycles. The number of fused-ring (bicyclic) bond motifs is 3. The third-order valence-corrected chi connectivity index (χ3v) is 11.5. The summed E-state index contributed by atoms with van der Waals surface area (Å²) in [5, 5.41) is 7.03. The molecule has 1 heterocycles. The zero-order valence-electron chi connectivity index (χ0n) is 32.7. The van der Waals surface area contributed by atoms with E-state index in [0.717, 1.165) is 49.4 Å². The van der Waals surface area contributed by atoms with Gasteiger partial charge in [0.05, 0.1) is 0 Å². The van der Waals surface area contributed by atoms with Crippen LogP contribution < -0.4 is 0 Å². The van der Waals surface area contributed by atoms with Gasteiger partial charge in [-0.15, -0.1) is 0 Å². The van der Waals surface area contributed by atoms with Gasteiger partial charge in [-0.05, 0) is 95.0 Å². The first-order chi connectivity index (χ1) is 29.7. The van der Waals surface area contributed by atoms with Gasteiger partial charge in [-0.25, -0.2) is 15.0 Å². The highest BCUT2D eigenvalue weighted by Gasteiger charge is 2.17. The zero-order valence-corrected chi connectivity index (χ0v) is 32.7. The Hall–Kier alpha value is -8.01. The van der Waals surface area contributed by atoms with E-state index in [-0.39, 0.29) is 0 Å². The molecule has 3 heteroatoms. The minimum absolute atomic E-state index is 0.625. The van der Waals surface area contributed by atoms with E-state index in [1.807, 2.05) is 0 Å². The monoisotopic (exact) mass is 763 g/mol. The average Bonchev–Trinajstić information content (AvgIpc) is 3.33. The molecular formula is C57H37N3. The first-order valence-corrected chi connectivity index (χ1v) is 20.3.